The van der Waals surface area contributed by atoms with Crippen molar-refractivity contribution >= 4 is 35.1 Å². The molecule has 0 bridgehead atoms. The van der Waals surface area contributed by atoms with Crippen molar-refractivity contribution in [2.24, 2.45) is 0 Å². The van der Waals surface area contributed by atoms with Crippen molar-refractivity contribution in [2.75, 3.05) is 5.32 Å². The highest BCUT2D eigenvalue weighted by atomic mass is 32.2. The van der Waals surface area contributed by atoms with Crippen LogP contribution < -0.4 is 5.32 Å². The van der Waals surface area contributed by atoms with Crippen LogP contribution in [0.4, 0.5) is 5.69 Å². The molecule has 0 fully saturated rings. The molecule has 0 aliphatic heterocycles. The lowest BCUT2D eigenvalue weighted by atomic mass is 10.3. The Balaban J connectivity index is 1.87. The van der Waals surface area contributed by atoms with E-state index in [0.717, 1.165) is 20.4 Å². The number of carbonyl (C=O) groups is 1. The van der Waals surface area contributed by atoms with Crippen LogP contribution in [-0.4, -0.2) is 5.91 Å². The van der Waals surface area contributed by atoms with E-state index in [1.54, 1.807) is 23.5 Å². The lowest BCUT2D eigenvalue weighted by Gasteiger charge is -2.12. The molecule has 3 aromatic rings. The third kappa shape index (κ3) is 4.66. The van der Waals surface area contributed by atoms with E-state index in [1.165, 1.54) is 11.8 Å². The minimum Gasteiger partial charge on any atom is -0.325 e. The van der Waals surface area contributed by atoms with Gasteiger partial charge in [-0.15, -0.1) is 0 Å². The summed E-state index contributed by atoms with van der Waals surface area (Å²) in [5.41, 5.74) is 0.845. The number of rotatable bonds is 5. The molecule has 0 aromatic heterocycles. The van der Waals surface area contributed by atoms with Crippen molar-refractivity contribution in [1.29, 1.82) is 0 Å². The zero-order chi connectivity index (χ0) is 16.8. The Morgan fingerprint density at radius 1 is 0.750 bits per heavy atom. The number of carbonyl (C=O) groups excluding carboxylic acids is 1. The van der Waals surface area contributed by atoms with Crippen LogP contribution in [0.5, 0.6) is 0 Å². The van der Waals surface area contributed by atoms with Gasteiger partial charge in [0.25, 0.3) is 0 Å². The van der Waals surface area contributed by atoms with Gasteiger partial charge >= 0.3 is 0 Å². The average Bonchev–Trinajstić information content (AvgIpc) is 2.59. The molecule has 24 heavy (non-hydrogen) atoms. The molecule has 0 saturated heterocycles. The second kappa shape index (κ2) is 8.08. The smallest absolute Gasteiger partial charge is 0.221 e. The highest BCUT2D eigenvalue weighted by Gasteiger charge is 2.08. The predicted octanol–water partition coefficient (Wildman–Crippen LogP) is 5.95. The van der Waals surface area contributed by atoms with Crippen molar-refractivity contribution < 1.29 is 4.79 Å². The number of anilines is 1. The van der Waals surface area contributed by atoms with E-state index in [9.17, 15) is 4.79 Å². The Hall–Kier alpha value is -2.17. The van der Waals surface area contributed by atoms with Crippen molar-refractivity contribution in [1.82, 2.24) is 0 Å². The van der Waals surface area contributed by atoms with E-state index >= 15 is 0 Å². The molecule has 0 spiro atoms. The monoisotopic (exact) mass is 351 g/mol. The van der Waals surface area contributed by atoms with Gasteiger partial charge in [-0.25, -0.2) is 0 Å². The molecule has 0 saturated carbocycles. The summed E-state index contributed by atoms with van der Waals surface area (Å²) in [4.78, 5) is 16.0. The maximum Gasteiger partial charge on any atom is 0.221 e. The number of hydrogen-bond donors (Lipinski definition) is 1. The van der Waals surface area contributed by atoms with Gasteiger partial charge in [0, 0.05) is 26.5 Å². The van der Waals surface area contributed by atoms with Gasteiger partial charge in [0.15, 0.2) is 0 Å². The van der Waals surface area contributed by atoms with Gasteiger partial charge in [-0.1, -0.05) is 59.9 Å². The molecule has 3 aromatic carbocycles. The van der Waals surface area contributed by atoms with E-state index in [1.807, 2.05) is 42.5 Å². The van der Waals surface area contributed by atoms with E-state index < -0.39 is 0 Å². The predicted molar refractivity (Wildman–Crippen MR) is 102 cm³/mol. The zero-order valence-electron chi connectivity index (χ0n) is 13.2. The number of amides is 1. The molecular weight excluding hydrogens is 334 g/mol. The van der Waals surface area contributed by atoms with Gasteiger partial charge in [0.2, 0.25) is 5.91 Å². The first kappa shape index (κ1) is 16.7. The molecule has 1 N–H and O–H groups in total. The van der Waals surface area contributed by atoms with E-state index in [2.05, 4.69) is 41.7 Å². The molecule has 0 atom stereocenters. The van der Waals surface area contributed by atoms with Crippen LogP contribution in [-0.2, 0) is 4.79 Å². The summed E-state index contributed by atoms with van der Waals surface area (Å²) in [6.07, 6.45) is 0. The molecule has 3 rings (SSSR count). The van der Waals surface area contributed by atoms with E-state index in [-0.39, 0.29) is 5.91 Å². The summed E-state index contributed by atoms with van der Waals surface area (Å²) in [5.74, 6) is -0.0632. The summed E-state index contributed by atoms with van der Waals surface area (Å²) in [7, 11) is 0. The van der Waals surface area contributed by atoms with Crippen LogP contribution in [0, 0.1) is 0 Å². The Bertz CT molecular complexity index is 820. The fourth-order valence-corrected chi connectivity index (χ4v) is 3.97. The third-order valence-electron chi connectivity index (χ3n) is 3.21. The zero-order valence-corrected chi connectivity index (χ0v) is 14.9. The Morgan fingerprint density at radius 2 is 1.33 bits per heavy atom. The lowest BCUT2D eigenvalue weighted by molar-refractivity contribution is -0.114. The van der Waals surface area contributed by atoms with E-state index in [4.69, 9.17) is 0 Å². The molecule has 120 valence electrons. The maximum absolute atomic E-state index is 11.6. The first-order valence-corrected chi connectivity index (χ1v) is 9.21. The maximum atomic E-state index is 11.6. The van der Waals surface area contributed by atoms with Crippen molar-refractivity contribution in [3.63, 3.8) is 0 Å². The van der Waals surface area contributed by atoms with Crippen LogP contribution in [0.3, 0.4) is 0 Å². The van der Waals surface area contributed by atoms with Crippen molar-refractivity contribution in [2.45, 2.75) is 26.5 Å². The molecule has 2 nitrogen and oxygen atoms in total. The minimum atomic E-state index is -0.0632. The normalized spacial score (nSPS) is 10.4. The van der Waals surface area contributed by atoms with Gasteiger partial charge in [-0.05, 0) is 42.5 Å². The SMILES string of the molecule is CC(=O)Nc1cc(Sc2ccccc2)ccc1Sc1ccccc1. The third-order valence-corrected chi connectivity index (χ3v) is 5.29. The standard InChI is InChI=1S/C20H17NOS2/c1-15(22)21-19-14-18(23-16-8-4-2-5-9-16)12-13-20(19)24-17-10-6-3-7-11-17/h2-14H,1H3,(H,21,22). The largest absolute Gasteiger partial charge is 0.325 e. The van der Waals surface area contributed by atoms with Crippen LogP contribution in [0.2, 0.25) is 0 Å². The van der Waals surface area contributed by atoms with Gasteiger partial charge in [-0.2, -0.15) is 0 Å². The van der Waals surface area contributed by atoms with Crippen molar-refractivity contribution in [3.05, 3.63) is 78.9 Å². The first-order chi connectivity index (χ1) is 11.7. The number of nitrogens with one attached hydrogen (secondary N) is 1. The molecule has 0 aliphatic rings. The summed E-state index contributed by atoms with van der Waals surface area (Å²) >= 11 is 3.33. The second-order valence-electron chi connectivity index (χ2n) is 5.17. The Kier molecular flexibility index (Phi) is 5.62. The van der Waals surface area contributed by atoms with Crippen LogP contribution >= 0.6 is 23.5 Å². The molecule has 0 aliphatic carbocycles. The van der Waals surface area contributed by atoms with Crippen LogP contribution in [0.25, 0.3) is 0 Å². The molecule has 4 heteroatoms. The van der Waals surface area contributed by atoms with Crippen LogP contribution in [0.1, 0.15) is 6.92 Å². The van der Waals surface area contributed by atoms with E-state index in [0.29, 0.717) is 0 Å². The highest BCUT2D eigenvalue weighted by Crippen LogP contribution is 2.37. The molecule has 0 radical (unpaired) electrons. The molecule has 0 unspecified atom stereocenters. The average molecular weight is 351 g/mol. The summed E-state index contributed by atoms with van der Waals surface area (Å²) in [5, 5.41) is 2.95. The van der Waals surface area contributed by atoms with Crippen molar-refractivity contribution in [3.8, 4) is 0 Å². The summed E-state index contributed by atoms with van der Waals surface area (Å²) in [6.45, 7) is 1.54. The second-order valence-corrected chi connectivity index (χ2v) is 7.43. The topological polar surface area (TPSA) is 29.1 Å². The fraction of sp³-hybridized carbons (Fsp3) is 0.0500. The van der Waals surface area contributed by atoms with Gasteiger partial charge in [0.05, 0.1) is 5.69 Å². The fourth-order valence-electron chi connectivity index (χ4n) is 2.19. The Labute approximate surface area is 150 Å². The number of benzene rings is 3. The quantitative estimate of drug-likeness (QED) is 0.616. The summed E-state index contributed by atoms with van der Waals surface area (Å²) in [6, 6.07) is 26.6. The highest BCUT2D eigenvalue weighted by molar-refractivity contribution is 8.00. The van der Waals surface area contributed by atoms with Gasteiger partial charge < -0.3 is 5.32 Å². The van der Waals surface area contributed by atoms with Gasteiger partial charge in [-0.3, -0.25) is 4.79 Å². The lowest BCUT2D eigenvalue weighted by Crippen LogP contribution is -2.06. The first-order valence-electron chi connectivity index (χ1n) is 7.58. The van der Waals surface area contributed by atoms with Gasteiger partial charge in [0.1, 0.15) is 0 Å². The molecular formula is C20H17NOS2. The Morgan fingerprint density at radius 3 is 1.92 bits per heavy atom. The molecule has 1 amide bonds. The number of hydrogen-bond acceptors (Lipinski definition) is 3. The summed E-state index contributed by atoms with van der Waals surface area (Å²) < 4.78 is 0. The minimum absolute atomic E-state index is 0.0632. The molecule has 0 heterocycles. The van der Waals surface area contributed by atoms with Crippen LogP contribution in [0.15, 0.2) is 98.4 Å².